The van der Waals surface area contributed by atoms with Crippen LogP contribution in [0.5, 0.6) is 0 Å². The molecule has 0 bridgehead atoms. The summed E-state index contributed by atoms with van der Waals surface area (Å²) in [7, 11) is 0. The fourth-order valence-electron chi connectivity index (χ4n) is 2.76. The van der Waals surface area contributed by atoms with Crippen molar-refractivity contribution in [1.29, 1.82) is 0 Å². The van der Waals surface area contributed by atoms with Gasteiger partial charge in [0.25, 0.3) is 0 Å². The van der Waals surface area contributed by atoms with Crippen LogP contribution in [0.4, 0.5) is 5.69 Å². The molecule has 0 saturated carbocycles. The van der Waals surface area contributed by atoms with E-state index >= 15 is 0 Å². The summed E-state index contributed by atoms with van der Waals surface area (Å²) in [4.78, 5) is 2.55. The van der Waals surface area contributed by atoms with E-state index in [0.717, 1.165) is 12.8 Å². The van der Waals surface area contributed by atoms with Crippen molar-refractivity contribution < 1.29 is 44.4 Å². The Bertz CT molecular complexity index is 411. The average Bonchev–Trinajstić information content (AvgIpc) is 2.46. The fraction of sp³-hybridized carbons (Fsp3) is 0.529. The number of anilines is 1. The predicted octanol–water partition coefficient (Wildman–Crippen LogP) is 1.68. The third-order valence-electron chi connectivity index (χ3n) is 3.67. The van der Waals surface area contributed by atoms with Crippen LogP contribution in [0.1, 0.15) is 51.5 Å². The number of para-hydroxylation sites is 1. The van der Waals surface area contributed by atoms with Crippen LogP contribution in [0.15, 0.2) is 24.3 Å². The second-order valence-electron chi connectivity index (χ2n) is 4.93. The first-order valence-corrected chi connectivity index (χ1v) is 7.30. The number of piperidine rings is 1. The van der Waals surface area contributed by atoms with Crippen LogP contribution in [0, 0.1) is 6.08 Å². The molecule has 1 aromatic rings. The molecule has 1 saturated heterocycles. The smallest absolute Gasteiger partial charge is 0.0442 e. The van der Waals surface area contributed by atoms with Crippen LogP contribution in [0.3, 0.4) is 0 Å². The van der Waals surface area contributed by atoms with Gasteiger partial charge in [0, 0.05) is 44.8 Å². The molecule has 2 rings (SSSR count). The van der Waals surface area contributed by atoms with Gasteiger partial charge >= 0.3 is 0 Å². The SMILES string of the molecule is CC[C]=C(CC)c1ccccc1N1CCCCC1.[I-].[Pd]. The quantitative estimate of drug-likeness (QED) is 0.473. The molecule has 1 aliphatic heterocycles. The van der Waals surface area contributed by atoms with E-state index in [4.69, 9.17) is 0 Å². The zero-order valence-electron chi connectivity index (χ0n) is 12.4. The Morgan fingerprint density at radius 2 is 1.75 bits per heavy atom. The van der Waals surface area contributed by atoms with Gasteiger partial charge in [0.05, 0.1) is 0 Å². The van der Waals surface area contributed by atoms with Crippen LogP contribution in [0.2, 0.25) is 0 Å². The minimum Gasteiger partial charge on any atom is -1.00 e. The van der Waals surface area contributed by atoms with Crippen LogP contribution in [-0.4, -0.2) is 13.1 Å². The molecule has 1 radical (unpaired) electrons. The Morgan fingerprint density at radius 3 is 2.35 bits per heavy atom. The first-order valence-electron chi connectivity index (χ1n) is 7.30. The van der Waals surface area contributed by atoms with Gasteiger partial charge in [-0.3, -0.25) is 0 Å². The molecule has 1 fully saturated rings. The predicted molar refractivity (Wildman–Crippen MR) is 79.7 cm³/mol. The molecule has 0 N–H and O–H groups in total. The second-order valence-corrected chi connectivity index (χ2v) is 4.93. The van der Waals surface area contributed by atoms with Crippen LogP contribution < -0.4 is 28.9 Å². The third kappa shape index (κ3) is 5.17. The number of halogens is 1. The molecule has 20 heavy (non-hydrogen) atoms. The third-order valence-corrected chi connectivity index (χ3v) is 3.67. The standard InChI is InChI=1S/C17H24N.HI.Pd/c1-3-10-15(4-2)16-11-6-7-12-17(16)18-13-8-5-9-14-18;;/h6-7,11-12H,3-5,8-9,13-14H2,1-2H3;1H;/p-1. The molecule has 1 aromatic carbocycles. The molecule has 0 aliphatic carbocycles. The normalized spacial score (nSPS) is 15.3. The van der Waals surface area contributed by atoms with Gasteiger partial charge < -0.3 is 28.9 Å². The van der Waals surface area contributed by atoms with Crippen LogP contribution in [-0.2, 0) is 20.4 Å². The summed E-state index contributed by atoms with van der Waals surface area (Å²) >= 11 is 0. The fourth-order valence-corrected chi connectivity index (χ4v) is 2.76. The van der Waals surface area contributed by atoms with Gasteiger partial charge in [-0.2, -0.15) is 0 Å². The Hall–Kier alpha value is 0.152. The van der Waals surface area contributed by atoms with E-state index in [9.17, 15) is 0 Å². The molecule has 1 aliphatic rings. The van der Waals surface area contributed by atoms with Crippen molar-refractivity contribution in [2.75, 3.05) is 18.0 Å². The number of rotatable bonds is 4. The topological polar surface area (TPSA) is 3.24 Å². The summed E-state index contributed by atoms with van der Waals surface area (Å²) in [5, 5.41) is 0. The van der Waals surface area contributed by atoms with Crippen molar-refractivity contribution in [1.82, 2.24) is 0 Å². The van der Waals surface area contributed by atoms with E-state index in [1.807, 2.05) is 0 Å². The first kappa shape index (κ1) is 20.2. The molecular formula is C17H24INPd-. The van der Waals surface area contributed by atoms with Crippen molar-refractivity contribution in [3.8, 4) is 0 Å². The van der Waals surface area contributed by atoms with Crippen LogP contribution in [0.25, 0.3) is 5.57 Å². The van der Waals surface area contributed by atoms with Gasteiger partial charge in [0.2, 0.25) is 0 Å². The maximum atomic E-state index is 3.52. The van der Waals surface area contributed by atoms with Gasteiger partial charge in [0.1, 0.15) is 0 Å². The number of benzene rings is 1. The molecule has 115 valence electrons. The molecule has 1 heterocycles. The van der Waals surface area contributed by atoms with Crippen molar-refractivity contribution in [2.24, 2.45) is 0 Å². The van der Waals surface area contributed by atoms with E-state index in [0.29, 0.717) is 0 Å². The molecule has 0 unspecified atom stereocenters. The maximum absolute atomic E-state index is 3.52. The van der Waals surface area contributed by atoms with Gasteiger partial charge in [-0.15, -0.1) is 0 Å². The summed E-state index contributed by atoms with van der Waals surface area (Å²) in [5.74, 6) is 0. The summed E-state index contributed by atoms with van der Waals surface area (Å²) in [5.41, 5.74) is 4.18. The average molecular weight is 476 g/mol. The summed E-state index contributed by atoms with van der Waals surface area (Å²) in [6.45, 7) is 6.81. The van der Waals surface area contributed by atoms with Crippen molar-refractivity contribution in [3.63, 3.8) is 0 Å². The van der Waals surface area contributed by atoms with Crippen molar-refractivity contribution in [2.45, 2.75) is 46.0 Å². The van der Waals surface area contributed by atoms with Crippen LogP contribution >= 0.6 is 0 Å². The second kappa shape index (κ2) is 10.8. The van der Waals surface area contributed by atoms with E-state index in [-0.39, 0.29) is 44.4 Å². The molecule has 0 atom stereocenters. The number of hydrogen-bond acceptors (Lipinski definition) is 1. The zero-order chi connectivity index (χ0) is 12.8. The Balaban J connectivity index is 0.00000180. The first-order chi connectivity index (χ1) is 8.86. The van der Waals surface area contributed by atoms with Gasteiger partial charge in [-0.25, -0.2) is 0 Å². The molecule has 0 aromatic heterocycles. The van der Waals surface area contributed by atoms with Crippen molar-refractivity contribution in [3.05, 3.63) is 35.9 Å². The molecule has 3 heteroatoms. The minimum absolute atomic E-state index is 0. The van der Waals surface area contributed by atoms with Gasteiger partial charge in [-0.1, -0.05) is 32.0 Å². The summed E-state index contributed by atoms with van der Waals surface area (Å²) < 4.78 is 0. The molecule has 1 nitrogen and oxygen atoms in total. The Kier molecular flexibility index (Phi) is 10.9. The van der Waals surface area contributed by atoms with Gasteiger partial charge in [0.15, 0.2) is 0 Å². The monoisotopic (exact) mass is 475 g/mol. The van der Waals surface area contributed by atoms with E-state index in [1.165, 1.54) is 49.2 Å². The number of allylic oxidation sites excluding steroid dienone is 2. The number of nitrogens with zero attached hydrogens (tertiary/aromatic N) is 1. The number of hydrogen-bond donors (Lipinski definition) is 0. The van der Waals surface area contributed by atoms with E-state index in [1.54, 1.807) is 0 Å². The zero-order valence-corrected chi connectivity index (χ0v) is 16.1. The minimum atomic E-state index is 0. The molecular weight excluding hydrogens is 452 g/mol. The molecule has 0 spiro atoms. The van der Waals surface area contributed by atoms with E-state index in [2.05, 4.69) is 49.1 Å². The van der Waals surface area contributed by atoms with E-state index < -0.39 is 0 Å². The molecule has 0 amide bonds. The summed E-state index contributed by atoms with van der Waals surface area (Å²) in [6.07, 6.45) is 9.63. The summed E-state index contributed by atoms with van der Waals surface area (Å²) in [6, 6.07) is 8.83. The largest absolute Gasteiger partial charge is 1.00 e. The van der Waals surface area contributed by atoms with Crippen molar-refractivity contribution >= 4 is 11.3 Å². The van der Waals surface area contributed by atoms with Gasteiger partial charge in [-0.05, 0) is 49.8 Å². The maximum Gasteiger partial charge on any atom is 0.0442 e. The Morgan fingerprint density at radius 1 is 1.10 bits per heavy atom. The Labute approximate surface area is 154 Å².